The molecule has 2 heteroatoms. The van der Waals surface area contributed by atoms with E-state index in [1.807, 2.05) is 0 Å². The quantitative estimate of drug-likeness (QED) is 0.805. The molecule has 0 aromatic carbocycles. The number of nitrogens with two attached hydrogens (primary N) is 2. The van der Waals surface area contributed by atoms with Crippen LogP contribution in [0.2, 0.25) is 0 Å². The molecule has 2 nitrogen and oxygen atoms in total. The molecule has 0 aromatic rings. The van der Waals surface area contributed by atoms with Gasteiger partial charge >= 0.3 is 0 Å². The third-order valence-electron chi connectivity index (χ3n) is 6.12. The summed E-state index contributed by atoms with van der Waals surface area (Å²) >= 11 is 0. The molecule has 0 amide bonds. The van der Waals surface area contributed by atoms with Crippen LogP contribution in [0.4, 0.5) is 0 Å². The molecule has 2 saturated carbocycles. The SMILES string of the molecule is CC1CC(CC2CC(C)C(N)C(C)C2)CC(C)C1N. The molecule has 0 heterocycles. The lowest BCUT2D eigenvalue weighted by atomic mass is 9.66. The predicted molar refractivity (Wildman–Crippen MR) is 82.7 cm³/mol. The Kier molecular flexibility index (Phi) is 4.94. The maximum atomic E-state index is 6.26. The standard InChI is InChI=1S/C17H34N2/c1-10-5-14(6-11(2)16(10)18)9-15-7-12(3)17(19)13(4)8-15/h10-17H,5-9,18-19H2,1-4H3. The van der Waals surface area contributed by atoms with Gasteiger partial charge in [0, 0.05) is 12.1 Å². The van der Waals surface area contributed by atoms with Gasteiger partial charge in [0.25, 0.3) is 0 Å². The molecule has 19 heavy (non-hydrogen) atoms. The fourth-order valence-corrected chi connectivity index (χ4v) is 4.90. The summed E-state index contributed by atoms with van der Waals surface area (Å²) in [7, 11) is 0. The van der Waals surface area contributed by atoms with Crippen molar-refractivity contribution in [3.63, 3.8) is 0 Å². The van der Waals surface area contributed by atoms with Gasteiger partial charge in [0.15, 0.2) is 0 Å². The van der Waals surface area contributed by atoms with Gasteiger partial charge in [-0.15, -0.1) is 0 Å². The van der Waals surface area contributed by atoms with Crippen LogP contribution in [0, 0.1) is 35.5 Å². The van der Waals surface area contributed by atoms with Crippen LogP contribution in [0.15, 0.2) is 0 Å². The van der Waals surface area contributed by atoms with Crippen LogP contribution in [-0.2, 0) is 0 Å². The van der Waals surface area contributed by atoms with Gasteiger partial charge < -0.3 is 11.5 Å². The maximum Gasteiger partial charge on any atom is 0.00905 e. The minimum absolute atomic E-state index is 0.425. The summed E-state index contributed by atoms with van der Waals surface area (Å²) in [5.41, 5.74) is 12.5. The molecular weight excluding hydrogens is 232 g/mol. The largest absolute Gasteiger partial charge is 0.327 e. The highest BCUT2D eigenvalue weighted by Gasteiger charge is 2.35. The molecule has 0 radical (unpaired) electrons. The Bertz CT molecular complexity index is 239. The van der Waals surface area contributed by atoms with Gasteiger partial charge in [-0.25, -0.2) is 0 Å². The lowest BCUT2D eigenvalue weighted by Crippen LogP contribution is -2.43. The van der Waals surface area contributed by atoms with Gasteiger partial charge in [-0.05, 0) is 67.6 Å². The summed E-state index contributed by atoms with van der Waals surface area (Å²) < 4.78 is 0. The lowest BCUT2D eigenvalue weighted by Gasteiger charge is -2.42. The molecule has 0 aromatic heterocycles. The van der Waals surface area contributed by atoms with E-state index in [1.165, 1.54) is 32.1 Å². The highest BCUT2D eigenvalue weighted by atomic mass is 14.7. The van der Waals surface area contributed by atoms with E-state index in [1.54, 1.807) is 0 Å². The molecule has 0 aliphatic heterocycles. The van der Waals surface area contributed by atoms with Crippen molar-refractivity contribution in [2.75, 3.05) is 0 Å². The molecule has 2 aliphatic rings. The molecule has 4 atom stereocenters. The van der Waals surface area contributed by atoms with Crippen LogP contribution in [0.25, 0.3) is 0 Å². The van der Waals surface area contributed by atoms with Gasteiger partial charge in [-0.1, -0.05) is 27.7 Å². The van der Waals surface area contributed by atoms with Gasteiger partial charge in [0.05, 0.1) is 0 Å². The summed E-state index contributed by atoms with van der Waals surface area (Å²) in [6, 6.07) is 0.850. The Balaban J connectivity index is 1.88. The fraction of sp³-hybridized carbons (Fsp3) is 1.00. The monoisotopic (exact) mass is 266 g/mol. The number of rotatable bonds is 2. The Morgan fingerprint density at radius 1 is 0.632 bits per heavy atom. The molecule has 4 unspecified atom stereocenters. The van der Waals surface area contributed by atoms with Crippen LogP contribution < -0.4 is 11.5 Å². The fourth-order valence-electron chi connectivity index (χ4n) is 4.90. The van der Waals surface area contributed by atoms with E-state index in [0.717, 1.165) is 11.8 Å². The molecule has 0 bridgehead atoms. The Labute approximate surface area is 119 Å². The maximum absolute atomic E-state index is 6.26. The topological polar surface area (TPSA) is 52.0 Å². The minimum atomic E-state index is 0.425. The zero-order valence-electron chi connectivity index (χ0n) is 13.3. The van der Waals surface area contributed by atoms with E-state index in [0.29, 0.717) is 35.8 Å². The van der Waals surface area contributed by atoms with Crippen molar-refractivity contribution in [1.82, 2.24) is 0 Å². The summed E-state index contributed by atoms with van der Waals surface area (Å²) in [5.74, 6) is 4.62. The van der Waals surface area contributed by atoms with Crippen LogP contribution in [0.3, 0.4) is 0 Å². The van der Waals surface area contributed by atoms with Gasteiger partial charge in [-0.2, -0.15) is 0 Å². The first-order chi connectivity index (χ1) is 8.88. The second kappa shape index (κ2) is 6.13. The highest BCUT2D eigenvalue weighted by molar-refractivity contribution is 4.89. The first-order valence-electron chi connectivity index (χ1n) is 8.39. The van der Waals surface area contributed by atoms with Crippen LogP contribution >= 0.6 is 0 Å². The number of hydrogen-bond donors (Lipinski definition) is 2. The first-order valence-corrected chi connectivity index (χ1v) is 8.39. The molecule has 4 N–H and O–H groups in total. The van der Waals surface area contributed by atoms with Crippen molar-refractivity contribution in [2.24, 2.45) is 47.0 Å². The van der Waals surface area contributed by atoms with E-state index in [2.05, 4.69) is 27.7 Å². The van der Waals surface area contributed by atoms with Crippen molar-refractivity contribution < 1.29 is 0 Å². The Hall–Kier alpha value is -0.0800. The van der Waals surface area contributed by atoms with Crippen LogP contribution in [0.1, 0.15) is 59.8 Å². The van der Waals surface area contributed by atoms with Crippen molar-refractivity contribution >= 4 is 0 Å². The molecule has 0 saturated heterocycles. The minimum Gasteiger partial charge on any atom is -0.327 e. The van der Waals surface area contributed by atoms with Crippen molar-refractivity contribution in [3.05, 3.63) is 0 Å². The van der Waals surface area contributed by atoms with E-state index in [-0.39, 0.29) is 0 Å². The Morgan fingerprint density at radius 3 is 1.16 bits per heavy atom. The summed E-state index contributed by atoms with van der Waals surface area (Å²) in [5, 5.41) is 0. The molecular formula is C17H34N2. The van der Waals surface area contributed by atoms with Gasteiger partial charge in [0.2, 0.25) is 0 Å². The summed E-state index contributed by atoms with van der Waals surface area (Å²) in [6.45, 7) is 9.37. The van der Waals surface area contributed by atoms with E-state index in [4.69, 9.17) is 11.5 Å². The van der Waals surface area contributed by atoms with E-state index < -0.39 is 0 Å². The third-order valence-corrected chi connectivity index (χ3v) is 6.12. The first kappa shape index (κ1) is 15.3. The Morgan fingerprint density at radius 2 is 0.895 bits per heavy atom. The average molecular weight is 266 g/mol. The smallest absolute Gasteiger partial charge is 0.00905 e. The molecule has 2 aliphatic carbocycles. The van der Waals surface area contributed by atoms with Crippen LogP contribution in [0.5, 0.6) is 0 Å². The third kappa shape index (κ3) is 3.52. The molecule has 2 rings (SSSR count). The number of hydrogen-bond acceptors (Lipinski definition) is 2. The predicted octanol–water partition coefficient (Wildman–Crippen LogP) is 3.40. The molecule has 2 fully saturated rings. The van der Waals surface area contributed by atoms with Gasteiger partial charge in [-0.3, -0.25) is 0 Å². The van der Waals surface area contributed by atoms with E-state index >= 15 is 0 Å². The summed E-state index contributed by atoms with van der Waals surface area (Å²) in [6.07, 6.45) is 6.80. The molecule has 112 valence electrons. The lowest BCUT2D eigenvalue weighted by molar-refractivity contribution is 0.118. The van der Waals surface area contributed by atoms with Crippen molar-refractivity contribution in [2.45, 2.75) is 71.9 Å². The van der Waals surface area contributed by atoms with Crippen molar-refractivity contribution in [1.29, 1.82) is 0 Å². The highest BCUT2D eigenvalue weighted by Crippen LogP contribution is 2.41. The normalized spacial score (nSPS) is 52.1. The zero-order valence-corrected chi connectivity index (χ0v) is 13.3. The molecule has 0 spiro atoms. The second-order valence-corrected chi connectivity index (χ2v) is 7.97. The average Bonchev–Trinajstić information content (AvgIpc) is 2.33. The zero-order chi connectivity index (χ0) is 14.2. The van der Waals surface area contributed by atoms with E-state index in [9.17, 15) is 0 Å². The summed E-state index contributed by atoms with van der Waals surface area (Å²) in [4.78, 5) is 0. The van der Waals surface area contributed by atoms with Crippen molar-refractivity contribution in [3.8, 4) is 0 Å². The van der Waals surface area contributed by atoms with Crippen LogP contribution in [-0.4, -0.2) is 12.1 Å². The second-order valence-electron chi connectivity index (χ2n) is 7.97. The van der Waals surface area contributed by atoms with Gasteiger partial charge in [0.1, 0.15) is 0 Å².